The molecule has 1 aromatic rings. The van der Waals surface area contributed by atoms with Crippen molar-refractivity contribution in [2.45, 2.75) is 69.4 Å². The predicted octanol–water partition coefficient (Wildman–Crippen LogP) is 2.31. The molecule has 2 aliphatic carbocycles. The van der Waals surface area contributed by atoms with Crippen LogP contribution in [0.1, 0.15) is 63.0 Å². The lowest BCUT2D eigenvalue weighted by Gasteiger charge is -2.42. The molecule has 1 aromatic heterocycles. The van der Waals surface area contributed by atoms with Crippen LogP contribution < -0.4 is 10.2 Å². The van der Waals surface area contributed by atoms with Gasteiger partial charge in [0, 0.05) is 49.4 Å². The highest BCUT2D eigenvalue weighted by Gasteiger charge is 2.34. The molecular weight excluding hydrogens is 338 g/mol. The van der Waals surface area contributed by atoms with Gasteiger partial charge in [-0.3, -0.25) is 9.69 Å². The van der Waals surface area contributed by atoms with Crippen molar-refractivity contribution in [1.29, 1.82) is 0 Å². The second-order valence-corrected chi connectivity index (χ2v) is 8.91. The Bertz CT molecular complexity index is 679. The average Bonchev–Trinajstić information content (AvgIpc) is 3.63. The standard InChI is InChI=1S/C21H31N5O/c27-21(24-17-5-6-17)16-2-1-9-26(13-16)18-7-10-25(11-8-18)20-12-19(15-3-4-15)22-14-23-20/h12,14-18H,1-11,13H2,(H,24,27)/t16-/m1/s1. The maximum absolute atomic E-state index is 12.4. The largest absolute Gasteiger partial charge is 0.356 e. The van der Waals surface area contributed by atoms with Gasteiger partial charge in [0.25, 0.3) is 0 Å². The molecule has 0 radical (unpaired) electrons. The lowest BCUT2D eigenvalue weighted by atomic mass is 9.93. The molecule has 4 fully saturated rings. The Labute approximate surface area is 161 Å². The monoisotopic (exact) mass is 369 g/mol. The molecule has 0 bridgehead atoms. The van der Waals surface area contributed by atoms with Crippen LogP contribution in [0.15, 0.2) is 12.4 Å². The van der Waals surface area contributed by atoms with E-state index >= 15 is 0 Å². The molecule has 146 valence electrons. The number of anilines is 1. The molecule has 0 unspecified atom stereocenters. The Morgan fingerprint density at radius 1 is 1.00 bits per heavy atom. The molecule has 2 saturated carbocycles. The molecule has 0 spiro atoms. The smallest absolute Gasteiger partial charge is 0.224 e. The summed E-state index contributed by atoms with van der Waals surface area (Å²) in [5.74, 6) is 2.27. The third-order valence-electron chi connectivity index (χ3n) is 6.72. The second-order valence-electron chi connectivity index (χ2n) is 8.91. The maximum atomic E-state index is 12.4. The van der Waals surface area contributed by atoms with Crippen LogP contribution in [0.25, 0.3) is 0 Å². The van der Waals surface area contributed by atoms with Crippen molar-refractivity contribution in [1.82, 2.24) is 20.2 Å². The first-order valence-corrected chi connectivity index (χ1v) is 10.9. The molecule has 27 heavy (non-hydrogen) atoms. The van der Waals surface area contributed by atoms with Gasteiger partial charge < -0.3 is 10.2 Å². The van der Waals surface area contributed by atoms with Crippen LogP contribution in [-0.2, 0) is 4.79 Å². The fraction of sp³-hybridized carbons (Fsp3) is 0.762. The zero-order chi connectivity index (χ0) is 18.2. The summed E-state index contributed by atoms with van der Waals surface area (Å²) in [6, 6.07) is 3.30. The first-order chi connectivity index (χ1) is 13.3. The topological polar surface area (TPSA) is 61.4 Å². The summed E-state index contributed by atoms with van der Waals surface area (Å²) in [6.07, 6.45) is 11.2. The summed E-state index contributed by atoms with van der Waals surface area (Å²) in [4.78, 5) is 26.4. The van der Waals surface area contributed by atoms with E-state index in [1.807, 2.05) is 0 Å². The van der Waals surface area contributed by atoms with Gasteiger partial charge >= 0.3 is 0 Å². The number of carbonyl (C=O) groups is 1. The molecule has 5 rings (SSSR count). The highest BCUT2D eigenvalue weighted by atomic mass is 16.2. The van der Waals surface area contributed by atoms with Crippen molar-refractivity contribution in [2.75, 3.05) is 31.1 Å². The van der Waals surface area contributed by atoms with Crippen LogP contribution in [0.4, 0.5) is 5.82 Å². The minimum absolute atomic E-state index is 0.195. The first-order valence-electron chi connectivity index (χ1n) is 10.9. The van der Waals surface area contributed by atoms with Crippen molar-refractivity contribution >= 4 is 11.7 Å². The second kappa shape index (κ2) is 7.38. The zero-order valence-electron chi connectivity index (χ0n) is 16.1. The third-order valence-corrected chi connectivity index (χ3v) is 6.72. The normalized spacial score (nSPS) is 27.6. The van der Waals surface area contributed by atoms with Gasteiger partial charge in [-0.05, 0) is 57.9 Å². The number of rotatable bonds is 5. The Balaban J connectivity index is 1.15. The third kappa shape index (κ3) is 4.10. The van der Waals surface area contributed by atoms with Crippen molar-refractivity contribution in [3.63, 3.8) is 0 Å². The molecule has 6 nitrogen and oxygen atoms in total. The van der Waals surface area contributed by atoms with Gasteiger partial charge in [0.2, 0.25) is 5.91 Å². The van der Waals surface area contributed by atoms with Gasteiger partial charge in [0.1, 0.15) is 12.1 Å². The van der Waals surface area contributed by atoms with Crippen LogP contribution in [-0.4, -0.2) is 59.0 Å². The highest BCUT2D eigenvalue weighted by Crippen LogP contribution is 2.39. The SMILES string of the molecule is O=C(NC1CC1)[C@@H]1CCCN(C2CCN(c3cc(C4CC4)ncn3)CC2)C1. The van der Waals surface area contributed by atoms with Gasteiger partial charge in [-0.25, -0.2) is 9.97 Å². The van der Waals surface area contributed by atoms with E-state index in [-0.39, 0.29) is 5.92 Å². The van der Waals surface area contributed by atoms with Gasteiger partial charge in [0.05, 0.1) is 5.92 Å². The van der Waals surface area contributed by atoms with E-state index in [0.29, 0.717) is 23.9 Å². The number of amides is 1. The van der Waals surface area contributed by atoms with E-state index in [1.165, 1.54) is 44.2 Å². The molecule has 4 aliphatic rings. The van der Waals surface area contributed by atoms with Crippen LogP contribution in [0.2, 0.25) is 0 Å². The number of aromatic nitrogens is 2. The number of hydrogen-bond donors (Lipinski definition) is 1. The molecule has 1 N–H and O–H groups in total. The van der Waals surface area contributed by atoms with Crippen LogP contribution >= 0.6 is 0 Å². The summed E-state index contributed by atoms with van der Waals surface area (Å²) in [7, 11) is 0. The molecule has 6 heteroatoms. The summed E-state index contributed by atoms with van der Waals surface area (Å²) in [5, 5.41) is 3.21. The minimum atomic E-state index is 0.195. The average molecular weight is 370 g/mol. The molecule has 1 amide bonds. The van der Waals surface area contributed by atoms with Crippen LogP contribution in [0, 0.1) is 5.92 Å². The fourth-order valence-electron chi connectivity index (χ4n) is 4.70. The van der Waals surface area contributed by atoms with Crippen molar-refractivity contribution < 1.29 is 4.79 Å². The predicted molar refractivity (Wildman–Crippen MR) is 105 cm³/mol. The van der Waals surface area contributed by atoms with E-state index in [4.69, 9.17) is 0 Å². The van der Waals surface area contributed by atoms with Crippen molar-refractivity contribution in [2.24, 2.45) is 5.92 Å². The quantitative estimate of drug-likeness (QED) is 0.863. The molecule has 2 saturated heterocycles. The molecule has 0 aromatic carbocycles. The van der Waals surface area contributed by atoms with Crippen molar-refractivity contribution in [3.8, 4) is 0 Å². The summed E-state index contributed by atoms with van der Waals surface area (Å²) >= 11 is 0. The van der Waals surface area contributed by atoms with E-state index in [9.17, 15) is 4.79 Å². The van der Waals surface area contributed by atoms with Gasteiger partial charge in [-0.2, -0.15) is 0 Å². The Morgan fingerprint density at radius 2 is 1.81 bits per heavy atom. The maximum Gasteiger partial charge on any atom is 0.224 e. The van der Waals surface area contributed by atoms with Crippen molar-refractivity contribution in [3.05, 3.63) is 18.1 Å². The summed E-state index contributed by atoms with van der Waals surface area (Å²) in [6.45, 7) is 4.21. The first kappa shape index (κ1) is 17.4. The van der Waals surface area contributed by atoms with E-state index in [0.717, 1.165) is 44.8 Å². The highest BCUT2D eigenvalue weighted by molar-refractivity contribution is 5.79. The number of piperidine rings is 2. The molecule has 3 heterocycles. The number of nitrogens with one attached hydrogen (secondary N) is 1. The molecule has 1 atom stereocenters. The minimum Gasteiger partial charge on any atom is -0.356 e. The van der Waals surface area contributed by atoms with Crippen LogP contribution in [0.5, 0.6) is 0 Å². The summed E-state index contributed by atoms with van der Waals surface area (Å²) in [5.41, 5.74) is 1.22. The van der Waals surface area contributed by atoms with E-state index < -0.39 is 0 Å². The Morgan fingerprint density at radius 3 is 2.56 bits per heavy atom. The molecular formula is C21H31N5O. The number of likely N-dealkylation sites (tertiary alicyclic amines) is 1. The summed E-state index contributed by atoms with van der Waals surface area (Å²) < 4.78 is 0. The zero-order valence-corrected chi connectivity index (χ0v) is 16.1. The van der Waals surface area contributed by atoms with E-state index in [1.54, 1.807) is 6.33 Å². The lowest BCUT2D eigenvalue weighted by molar-refractivity contribution is -0.127. The van der Waals surface area contributed by atoms with Gasteiger partial charge in [0.15, 0.2) is 0 Å². The number of hydrogen-bond acceptors (Lipinski definition) is 5. The number of carbonyl (C=O) groups excluding carboxylic acids is 1. The Kier molecular flexibility index (Phi) is 4.76. The molecule has 2 aliphatic heterocycles. The van der Waals surface area contributed by atoms with Gasteiger partial charge in [-0.15, -0.1) is 0 Å². The number of nitrogens with zero attached hydrogens (tertiary/aromatic N) is 4. The van der Waals surface area contributed by atoms with E-state index in [2.05, 4.69) is 31.2 Å². The van der Waals surface area contributed by atoms with Gasteiger partial charge in [-0.1, -0.05) is 0 Å². The fourth-order valence-corrected chi connectivity index (χ4v) is 4.70. The lowest BCUT2D eigenvalue weighted by Crippen LogP contribution is -2.51. The Hall–Kier alpha value is -1.69. The van der Waals surface area contributed by atoms with Crippen LogP contribution in [0.3, 0.4) is 0 Å².